The third kappa shape index (κ3) is 4.27. The summed E-state index contributed by atoms with van der Waals surface area (Å²) in [6.07, 6.45) is 3.95. The van der Waals surface area contributed by atoms with Crippen LogP contribution in [0.25, 0.3) is 0 Å². The zero-order valence-corrected chi connectivity index (χ0v) is 13.6. The van der Waals surface area contributed by atoms with Crippen molar-refractivity contribution in [3.63, 3.8) is 0 Å². The number of nitrogens with zero attached hydrogens (tertiary/aromatic N) is 3. The molecule has 0 N–H and O–H groups in total. The van der Waals surface area contributed by atoms with Crippen LogP contribution < -0.4 is 4.74 Å². The number of piperidine rings is 1. The van der Waals surface area contributed by atoms with E-state index in [4.69, 9.17) is 10.00 Å². The first kappa shape index (κ1) is 15.9. The topological polar surface area (TPSA) is 49.2 Å². The Labute approximate surface area is 139 Å². The Bertz CT molecular complexity index is 684. The monoisotopic (exact) mass is 331 g/mol. The van der Waals surface area contributed by atoms with Gasteiger partial charge in [0.1, 0.15) is 5.82 Å². The normalized spacial score (nSPS) is 18.5. The largest absolute Gasteiger partial charge is 0.470 e. The fraction of sp³-hybridized carbons (Fsp3) is 0.412. The van der Waals surface area contributed by atoms with Crippen molar-refractivity contribution in [3.8, 4) is 11.3 Å². The number of halogens is 1. The zero-order valence-electron chi connectivity index (χ0n) is 12.7. The van der Waals surface area contributed by atoms with Gasteiger partial charge < -0.3 is 4.74 Å². The van der Waals surface area contributed by atoms with E-state index in [1.807, 2.05) is 11.4 Å². The standard InChI is InChI=1S/C17H18FN3OS/c18-16-8-13(9-19)3-4-15(16)11-21-6-1-2-14(10-21)12-22-17-20-5-7-23-17/h3-5,7-8,14H,1-2,6,10-12H2. The van der Waals surface area contributed by atoms with E-state index in [1.165, 1.54) is 17.4 Å². The molecule has 1 aromatic heterocycles. The number of hydrogen-bond acceptors (Lipinski definition) is 5. The Morgan fingerprint density at radius 2 is 2.39 bits per heavy atom. The molecular formula is C17H18FN3OS. The van der Waals surface area contributed by atoms with Crippen molar-refractivity contribution in [1.82, 2.24) is 9.88 Å². The minimum atomic E-state index is -0.301. The van der Waals surface area contributed by atoms with Crippen molar-refractivity contribution in [1.29, 1.82) is 5.26 Å². The number of likely N-dealkylation sites (tertiary alicyclic amines) is 1. The van der Waals surface area contributed by atoms with Crippen LogP contribution >= 0.6 is 11.3 Å². The van der Waals surface area contributed by atoms with Crippen molar-refractivity contribution < 1.29 is 9.13 Å². The van der Waals surface area contributed by atoms with Crippen molar-refractivity contribution in [3.05, 3.63) is 46.7 Å². The molecule has 0 amide bonds. The predicted octanol–water partition coefficient (Wildman–Crippen LogP) is 3.44. The molecule has 23 heavy (non-hydrogen) atoms. The van der Waals surface area contributed by atoms with Gasteiger partial charge in [-0.25, -0.2) is 9.37 Å². The molecule has 0 aliphatic carbocycles. The highest BCUT2D eigenvalue weighted by Gasteiger charge is 2.21. The van der Waals surface area contributed by atoms with Gasteiger partial charge in [-0.3, -0.25) is 4.90 Å². The summed E-state index contributed by atoms with van der Waals surface area (Å²) in [6, 6.07) is 6.65. The van der Waals surface area contributed by atoms with E-state index in [0.717, 1.165) is 25.9 Å². The minimum absolute atomic E-state index is 0.301. The second-order valence-electron chi connectivity index (χ2n) is 5.77. The summed E-state index contributed by atoms with van der Waals surface area (Å²) in [7, 11) is 0. The number of hydrogen-bond donors (Lipinski definition) is 0. The van der Waals surface area contributed by atoms with Gasteiger partial charge in [-0.15, -0.1) is 0 Å². The number of benzene rings is 1. The van der Waals surface area contributed by atoms with E-state index in [2.05, 4.69) is 9.88 Å². The van der Waals surface area contributed by atoms with Gasteiger partial charge in [-0.05, 0) is 31.5 Å². The van der Waals surface area contributed by atoms with Crippen LogP contribution in [0.2, 0.25) is 0 Å². The molecule has 1 aromatic carbocycles. The van der Waals surface area contributed by atoms with Crippen molar-refractivity contribution in [2.24, 2.45) is 5.92 Å². The Balaban J connectivity index is 1.55. The van der Waals surface area contributed by atoms with Crippen LogP contribution in [0.5, 0.6) is 5.19 Å². The molecule has 1 aliphatic heterocycles. The van der Waals surface area contributed by atoms with E-state index in [-0.39, 0.29) is 5.82 Å². The maximum absolute atomic E-state index is 14.0. The van der Waals surface area contributed by atoms with E-state index in [9.17, 15) is 4.39 Å². The average Bonchev–Trinajstić information content (AvgIpc) is 3.09. The van der Waals surface area contributed by atoms with Crippen LogP contribution in [0, 0.1) is 23.1 Å². The van der Waals surface area contributed by atoms with Gasteiger partial charge in [0.25, 0.3) is 5.19 Å². The lowest BCUT2D eigenvalue weighted by Crippen LogP contribution is -2.37. The summed E-state index contributed by atoms with van der Waals surface area (Å²) in [6.45, 7) is 3.09. The predicted molar refractivity (Wildman–Crippen MR) is 86.7 cm³/mol. The van der Waals surface area contributed by atoms with E-state index in [1.54, 1.807) is 18.3 Å². The first-order valence-electron chi connectivity index (χ1n) is 7.68. The molecule has 1 saturated heterocycles. The quantitative estimate of drug-likeness (QED) is 0.842. The van der Waals surface area contributed by atoms with Gasteiger partial charge in [-0.2, -0.15) is 5.26 Å². The molecule has 1 fully saturated rings. The number of rotatable bonds is 5. The highest BCUT2D eigenvalue weighted by atomic mass is 32.1. The summed E-state index contributed by atoms with van der Waals surface area (Å²) >= 11 is 1.50. The van der Waals surface area contributed by atoms with Crippen LogP contribution in [-0.4, -0.2) is 29.6 Å². The molecular weight excluding hydrogens is 313 g/mol. The number of ether oxygens (including phenoxy) is 1. The van der Waals surface area contributed by atoms with Crippen molar-refractivity contribution in [2.45, 2.75) is 19.4 Å². The lowest BCUT2D eigenvalue weighted by Gasteiger charge is -2.32. The fourth-order valence-corrected chi connectivity index (χ4v) is 3.38. The SMILES string of the molecule is N#Cc1ccc(CN2CCCC(COc3nccs3)C2)c(F)c1. The lowest BCUT2D eigenvalue weighted by atomic mass is 9.98. The molecule has 4 nitrogen and oxygen atoms in total. The molecule has 0 saturated carbocycles. The summed E-state index contributed by atoms with van der Waals surface area (Å²) in [5, 5.41) is 11.4. The summed E-state index contributed by atoms with van der Waals surface area (Å²) < 4.78 is 19.7. The highest BCUT2D eigenvalue weighted by Crippen LogP contribution is 2.22. The first-order chi connectivity index (χ1) is 11.2. The fourth-order valence-electron chi connectivity index (χ4n) is 2.89. The molecule has 1 atom stereocenters. The molecule has 2 aromatic rings. The van der Waals surface area contributed by atoms with Crippen LogP contribution in [0.4, 0.5) is 4.39 Å². The molecule has 0 radical (unpaired) electrons. The molecule has 2 heterocycles. The number of nitriles is 1. The Kier molecular flexibility index (Phi) is 5.21. The maximum atomic E-state index is 14.0. The van der Waals surface area contributed by atoms with E-state index >= 15 is 0 Å². The second-order valence-corrected chi connectivity index (χ2v) is 6.63. The third-order valence-electron chi connectivity index (χ3n) is 4.03. The Morgan fingerprint density at radius 3 is 3.13 bits per heavy atom. The van der Waals surface area contributed by atoms with Gasteiger partial charge in [0, 0.05) is 36.1 Å². The zero-order chi connectivity index (χ0) is 16.1. The molecule has 6 heteroatoms. The Hall–Kier alpha value is -1.97. The molecule has 0 spiro atoms. The smallest absolute Gasteiger partial charge is 0.273 e. The molecule has 1 unspecified atom stereocenters. The van der Waals surface area contributed by atoms with Crippen LogP contribution in [0.15, 0.2) is 29.8 Å². The van der Waals surface area contributed by atoms with E-state index in [0.29, 0.717) is 35.4 Å². The lowest BCUT2D eigenvalue weighted by molar-refractivity contribution is 0.124. The van der Waals surface area contributed by atoms with Gasteiger partial charge in [0.15, 0.2) is 0 Å². The Morgan fingerprint density at radius 1 is 1.48 bits per heavy atom. The summed E-state index contributed by atoms with van der Waals surface area (Å²) in [4.78, 5) is 6.38. The molecule has 1 aliphatic rings. The second kappa shape index (κ2) is 7.53. The van der Waals surface area contributed by atoms with Crippen LogP contribution in [0.3, 0.4) is 0 Å². The molecule has 3 rings (SSSR count). The third-order valence-corrected chi connectivity index (χ3v) is 4.71. The van der Waals surface area contributed by atoms with Gasteiger partial charge in [0.2, 0.25) is 0 Å². The van der Waals surface area contributed by atoms with Gasteiger partial charge in [0.05, 0.1) is 18.2 Å². The number of thiazole rings is 1. The molecule has 120 valence electrons. The average molecular weight is 331 g/mol. The highest BCUT2D eigenvalue weighted by molar-refractivity contribution is 7.11. The first-order valence-corrected chi connectivity index (χ1v) is 8.56. The maximum Gasteiger partial charge on any atom is 0.273 e. The van der Waals surface area contributed by atoms with Gasteiger partial charge in [-0.1, -0.05) is 17.4 Å². The van der Waals surface area contributed by atoms with Gasteiger partial charge >= 0.3 is 0 Å². The van der Waals surface area contributed by atoms with Crippen molar-refractivity contribution >= 4 is 11.3 Å². The summed E-state index contributed by atoms with van der Waals surface area (Å²) in [5.74, 6) is 0.138. The van der Waals surface area contributed by atoms with Crippen molar-refractivity contribution in [2.75, 3.05) is 19.7 Å². The molecule has 0 bridgehead atoms. The number of aromatic nitrogens is 1. The van der Waals surface area contributed by atoms with Crippen LogP contribution in [0.1, 0.15) is 24.0 Å². The minimum Gasteiger partial charge on any atom is -0.470 e. The van der Waals surface area contributed by atoms with E-state index < -0.39 is 0 Å². The summed E-state index contributed by atoms with van der Waals surface area (Å²) in [5.41, 5.74) is 1.00. The van der Waals surface area contributed by atoms with Crippen LogP contribution in [-0.2, 0) is 6.54 Å².